The van der Waals surface area contributed by atoms with E-state index >= 15 is 0 Å². The fourth-order valence-electron chi connectivity index (χ4n) is 2.43. The number of sulfonamides is 1. The molecule has 0 aliphatic heterocycles. The van der Waals surface area contributed by atoms with Gasteiger partial charge in [0.15, 0.2) is 4.67 Å². The topological polar surface area (TPSA) is 71.3 Å². The Balaban J connectivity index is 2.19. The van der Waals surface area contributed by atoms with Crippen LogP contribution in [0.5, 0.6) is 0 Å². The second-order valence-corrected chi connectivity index (χ2v) is 7.42. The molecular formula is C12H19BrN2O3S. The molecule has 0 bridgehead atoms. The number of nitrogens with one attached hydrogen (secondary N) is 2. The summed E-state index contributed by atoms with van der Waals surface area (Å²) >= 11 is 3.17. The first-order chi connectivity index (χ1) is 8.94. The van der Waals surface area contributed by atoms with Crippen molar-refractivity contribution >= 4 is 26.0 Å². The van der Waals surface area contributed by atoms with E-state index in [1.54, 1.807) is 13.1 Å². The maximum absolute atomic E-state index is 12.4. The minimum Gasteiger partial charge on any atom is -0.452 e. The van der Waals surface area contributed by atoms with E-state index in [0.29, 0.717) is 18.2 Å². The van der Waals surface area contributed by atoms with Gasteiger partial charge in [0.25, 0.3) is 0 Å². The van der Waals surface area contributed by atoms with E-state index in [1.165, 1.54) is 0 Å². The number of halogens is 1. The fourth-order valence-corrected chi connectivity index (χ4v) is 4.80. The van der Waals surface area contributed by atoms with Gasteiger partial charge in [0.1, 0.15) is 10.7 Å². The molecule has 0 radical (unpaired) electrons. The Kier molecular flexibility index (Phi) is 4.70. The van der Waals surface area contributed by atoms with E-state index < -0.39 is 10.0 Å². The maximum Gasteiger partial charge on any atom is 0.245 e. The Morgan fingerprint density at radius 2 is 2.21 bits per heavy atom. The van der Waals surface area contributed by atoms with E-state index in [4.69, 9.17) is 4.42 Å². The monoisotopic (exact) mass is 350 g/mol. The zero-order valence-electron chi connectivity index (χ0n) is 11.1. The molecule has 1 aromatic heterocycles. The van der Waals surface area contributed by atoms with Gasteiger partial charge in [0.05, 0.1) is 6.54 Å². The summed E-state index contributed by atoms with van der Waals surface area (Å²) in [5.74, 6) is 0.978. The third kappa shape index (κ3) is 3.39. The highest BCUT2D eigenvalue weighted by Crippen LogP contribution is 2.30. The van der Waals surface area contributed by atoms with Crippen molar-refractivity contribution in [1.29, 1.82) is 0 Å². The number of furan rings is 1. The molecular weight excluding hydrogens is 332 g/mol. The summed E-state index contributed by atoms with van der Waals surface area (Å²) in [6, 6.07) is 1.59. The number of hydrogen-bond donors (Lipinski definition) is 2. The predicted octanol–water partition coefficient (Wildman–Crippen LogP) is 2.23. The van der Waals surface area contributed by atoms with Gasteiger partial charge in [-0.05, 0) is 41.7 Å². The quantitative estimate of drug-likeness (QED) is 0.854. The molecule has 1 heterocycles. The maximum atomic E-state index is 12.4. The van der Waals surface area contributed by atoms with Crippen molar-refractivity contribution in [3.8, 4) is 0 Å². The van der Waals surface area contributed by atoms with Crippen molar-refractivity contribution in [1.82, 2.24) is 10.0 Å². The van der Waals surface area contributed by atoms with Crippen molar-refractivity contribution in [2.45, 2.75) is 43.7 Å². The molecule has 0 aromatic carbocycles. The van der Waals surface area contributed by atoms with Crippen LogP contribution in [0.4, 0.5) is 0 Å². The standard InChI is InChI=1S/C12H19BrN2O3S/c1-8-4-3-5-10(8)15-19(16,17)11-6-9(7-14-2)18-12(11)13/h6,8,10,14-15H,3-5,7H2,1-2H3. The van der Waals surface area contributed by atoms with E-state index in [0.717, 1.165) is 19.3 Å². The first-order valence-electron chi connectivity index (χ1n) is 6.39. The molecule has 1 fully saturated rings. The summed E-state index contributed by atoms with van der Waals surface area (Å²) in [6.45, 7) is 2.57. The largest absolute Gasteiger partial charge is 0.452 e. The molecule has 1 aliphatic rings. The lowest BCUT2D eigenvalue weighted by atomic mass is 10.1. The van der Waals surface area contributed by atoms with Crippen LogP contribution in [0.15, 0.2) is 20.0 Å². The van der Waals surface area contributed by atoms with Gasteiger partial charge in [-0.1, -0.05) is 13.3 Å². The van der Waals surface area contributed by atoms with Gasteiger partial charge in [-0.2, -0.15) is 0 Å². The van der Waals surface area contributed by atoms with Gasteiger partial charge in [0, 0.05) is 12.1 Å². The lowest BCUT2D eigenvalue weighted by Gasteiger charge is -2.16. The van der Waals surface area contributed by atoms with E-state index in [9.17, 15) is 8.42 Å². The van der Waals surface area contributed by atoms with Crippen LogP contribution in [0.25, 0.3) is 0 Å². The molecule has 0 amide bonds. The SMILES string of the molecule is CNCc1cc(S(=O)(=O)NC2CCCC2C)c(Br)o1. The van der Waals surface area contributed by atoms with Gasteiger partial charge in [-0.3, -0.25) is 0 Å². The van der Waals surface area contributed by atoms with E-state index in [-0.39, 0.29) is 15.6 Å². The molecule has 19 heavy (non-hydrogen) atoms. The smallest absolute Gasteiger partial charge is 0.245 e. The molecule has 2 atom stereocenters. The molecule has 2 N–H and O–H groups in total. The van der Waals surface area contributed by atoms with Crippen LogP contribution < -0.4 is 10.0 Å². The highest BCUT2D eigenvalue weighted by atomic mass is 79.9. The van der Waals surface area contributed by atoms with E-state index in [1.807, 2.05) is 0 Å². The first kappa shape index (κ1) is 15.0. The van der Waals surface area contributed by atoms with Crippen molar-refractivity contribution in [3.63, 3.8) is 0 Å². The van der Waals surface area contributed by atoms with Crippen LogP contribution in [-0.4, -0.2) is 21.5 Å². The normalized spacial score (nSPS) is 23.9. The summed E-state index contributed by atoms with van der Waals surface area (Å²) in [7, 11) is -1.74. The average Bonchev–Trinajstić information content (AvgIpc) is 2.87. The number of hydrogen-bond acceptors (Lipinski definition) is 4. The van der Waals surface area contributed by atoms with Crippen LogP contribution in [0.1, 0.15) is 31.9 Å². The lowest BCUT2D eigenvalue weighted by Crippen LogP contribution is -2.36. The first-order valence-corrected chi connectivity index (χ1v) is 8.67. The van der Waals surface area contributed by atoms with Crippen LogP contribution in [0.2, 0.25) is 0 Å². The summed E-state index contributed by atoms with van der Waals surface area (Å²) in [6.07, 6.45) is 3.05. The molecule has 7 heteroatoms. The molecule has 1 saturated carbocycles. The minimum absolute atomic E-state index is 0.0274. The lowest BCUT2D eigenvalue weighted by molar-refractivity contribution is 0.464. The fraction of sp³-hybridized carbons (Fsp3) is 0.667. The second-order valence-electron chi connectivity index (χ2n) is 5.02. The molecule has 0 spiro atoms. The predicted molar refractivity (Wildman–Crippen MR) is 76.3 cm³/mol. The summed E-state index contributed by atoms with van der Waals surface area (Å²) in [4.78, 5) is 0.178. The van der Waals surface area contributed by atoms with Crippen LogP contribution in [0, 0.1) is 5.92 Å². The van der Waals surface area contributed by atoms with Crippen LogP contribution >= 0.6 is 15.9 Å². The summed E-state index contributed by atoms with van der Waals surface area (Å²) in [5.41, 5.74) is 0. The van der Waals surface area contributed by atoms with Crippen LogP contribution in [0.3, 0.4) is 0 Å². The van der Waals surface area contributed by atoms with Crippen molar-refractivity contribution in [3.05, 3.63) is 16.5 Å². The molecule has 2 unspecified atom stereocenters. The third-order valence-electron chi connectivity index (χ3n) is 3.52. The zero-order chi connectivity index (χ0) is 14.0. The molecule has 1 aliphatic carbocycles. The molecule has 2 rings (SSSR count). The zero-order valence-corrected chi connectivity index (χ0v) is 13.5. The Morgan fingerprint density at radius 1 is 1.47 bits per heavy atom. The van der Waals surface area contributed by atoms with Gasteiger partial charge in [-0.15, -0.1) is 0 Å². The second kappa shape index (κ2) is 5.95. The van der Waals surface area contributed by atoms with Crippen molar-refractivity contribution in [2.75, 3.05) is 7.05 Å². The molecule has 1 aromatic rings. The van der Waals surface area contributed by atoms with Crippen molar-refractivity contribution < 1.29 is 12.8 Å². The third-order valence-corrected chi connectivity index (χ3v) is 5.86. The minimum atomic E-state index is -3.52. The van der Waals surface area contributed by atoms with Gasteiger partial charge < -0.3 is 9.73 Å². The van der Waals surface area contributed by atoms with Gasteiger partial charge in [0.2, 0.25) is 10.0 Å². The Hall–Kier alpha value is -0.370. The highest BCUT2D eigenvalue weighted by Gasteiger charge is 2.30. The van der Waals surface area contributed by atoms with Gasteiger partial charge >= 0.3 is 0 Å². The average molecular weight is 351 g/mol. The van der Waals surface area contributed by atoms with Crippen LogP contribution in [-0.2, 0) is 16.6 Å². The van der Waals surface area contributed by atoms with Gasteiger partial charge in [-0.25, -0.2) is 13.1 Å². The van der Waals surface area contributed by atoms with Crippen molar-refractivity contribution in [2.24, 2.45) is 5.92 Å². The summed E-state index contributed by atoms with van der Waals surface area (Å²) in [5, 5.41) is 2.93. The Morgan fingerprint density at radius 3 is 2.79 bits per heavy atom. The molecule has 5 nitrogen and oxygen atoms in total. The highest BCUT2D eigenvalue weighted by molar-refractivity contribution is 9.10. The Labute approximate surface area is 122 Å². The molecule has 108 valence electrons. The van der Waals surface area contributed by atoms with E-state index in [2.05, 4.69) is 32.9 Å². The Bertz CT molecular complexity index is 541. The number of rotatable bonds is 5. The summed E-state index contributed by atoms with van der Waals surface area (Å²) < 4.78 is 33.1. The molecule has 0 saturated heterocycles.